The Kier molecular flexibility index (Phi) is 18.4. The number of hydrogen-bond donors (Lipinski definition) is 9. The number of ether oxygens (including phenoxy) is 1. The molecule has 6 rings (SSSR count). The molecular formula is C43H66N7O17P3. The molecule has 2 amide bonds. The monoisotopic (exact) mass is 1050 g/mol. The molecule has 3 aliphatic rings. The summed E-state index contributed by atoms with van der Waals surface area (Å²) in [4.78, 5) is 89.7. The molecule has 0 bridgehead atoms. The predicted molar refractivity (Wildman–Crippen MR) is 250 cm³/mol. The predicted octanol–water partition coefficient (Wildman–Crippen LogP) is 4.07. The number of unbranched alkanes of at least 4 members (excludes halogenated alkanes) is 2. The van der Waals surface area contributed by atoms with Crippen molar-refractivity contribution in [2.75, 3.05) is 32.0 Å². The quantitative estimate of drug-likeness (QED) is 0.0335. The molecular weight excluding hydrogens is 979 g/mol. The van der Waals surface area contributed by atoms with Crippen molar-refractivity contribution in [1.29, 1.82) is 0 Å². The number of fused-ring (bicyclic) bond motifs is 1. The highest BCUT2D eigenvalue weighted by Gasteiger charge is 2.51. The summed E-state index contributed by atoms with van der Waals surface area (Å²) in [5.74, 6) is -1.32. The summed E-state index contributed by atoms with van der Waals surface area (Å²) in [6.45, 7) is 2.84. The summed E-state index contributed by atoms with van der Waals surface area (Å²) in [5.41, 5.74) is 7.26. The molecule has 3 fully saturated rings. The van der Waals surface area contributed by atoms with E-state index in [9.17, 15) is 57.9 Å². The highest BCUT2D eigenvalue weighted by molar-refractivity contribution is 7.61. The number of carbonyl (C=O) groups excluding carboxylic acids is 3. The van der Waals surface area contributed by atoms with Gasteiger partial charge in [0.25, 0.3) is 0 Å². The number of benzene rings is 1. The molecule has 0 spiro atoms. The molecule has 7 atom stereocenters. The van der Waals surface area contributed by atoms with Crippen LogP contribution < -0.4 is 16.4 Å². The van der Waals surface area contributed by atoms with Crippen LogP contribution in [0.1, 0.15) is 115 Å². The number of carbonyl (C=O) groups is 3. The van der Waals surface area contributed by atoms with E-state index in [1.807, 2.05) is 0 Å². The average molecular weight is 1050 g/mol. The maximum absolute atomic E-state index is 13.1. The maximum atomic E-state index is 13.1. The first kappa shape index (κ1) is 55.7. The molecule has 1 aromatic carbocycles. The molecule has 27 heteroatoms. The summed E-state index contributed by atoms with van der Waals surface area (Å²) in [7, 11) is -16.4. The first-order valence-corrected chi connectivity index (χ1v) is 27.8. The molecule has 1 aliphatic heterocycles. The molecule has 3 heterocycles. The standard InChI is InChI=1S/C43H66N7O17P3/c1-41(2,25-64-70(61,62)67-69(59,60)63-24-30-35(66-68(56,57)58)34(53)40(65-30)50-27-49-33-37(44)47-26-48-38(33)50)36(54)39(55)46-23-15-32(52)45-22-14-31(51)43(20-21-43)17-7-5-9-29-12-10-28(11-13-29)8-4-6-16-42(3)18-19-42/h10-13,26-27,30,34-36,40,53-54H,4-9,14-25H2,1-3H3,(H,45,52)(H,46,55)(H,59,60)(H,61,62)(H2,44,47,48)(H2,56,57,58). The van der Waals surface area contributed by atoms with E-state index in [-0.39, 0.29) is 54.1 Å². The molecule has 0 radical (unpaired) electrons. The highest BCUT2D eigenvalue weighted by Crippen LogP contribution is 2.61. The first-order valence-electron chi connectivity index (χ1n) is 23.3. The summed E-state index contributed by atoms with van der Waals surface area (Å²) < 4.78 is 62.6. The number of hydrogen-bond acceptors (Lipinski definition) is 17. The van der Waals surface area contributed by atoms with Gasteiger partial charge in [0.2, 0.25) is 11.8 Å². The molecule has 2 saturated carbocycles. The van der Waals surface area contributed by atoms with Crippen LogP contribution in [0, 0.1) is 16.2 Å². The van der Waals surface area contributed by atoms with Crippen LogP contribution in [0.2, 0.25) is 0 Å². The Morgan fingerprint density at radius 3 is 2.11 bits per heavy atom. The van der Waals surface area contributed by atoms with E-state index in [1.165, 1.54) is 57.1 Å². The van der Waals surface area contributed by atoms with Crippen LogP contribution in [-0.2, 0) is 63.5 Å². The lowest BCUT2D eigenvalue weighted by Crippen LogP contribution is -2.46. The number of phosphoric ester groups is 3. The number of aliphatic hydroxyl groups excluding tert-OH is 2. The van der Waals surface area contributed by atoms with Crippen LogP contribution in [0.3, 0.4) is 0 Å². The van der Waals surface area contributed by atoms with Crippen LogP contribution in [0.5, 0.6) is 0 Å². The third kappa shape index (κ3) is 16.0. The Bertz CT molecular complexity index is 2450. The fourth-order valence-electron chi connectivity index (χ4n) is 8.35. The minimum absolute atomic E-state index is 0.0327. The van der Waals surface area contributed by atoms with Crippen molar-refractivity contribution in [3.05, 3.63) is 48.0 Å². The number of Topliss-reactive ketones (excluding diaryl/α,β-unsaturated/α-hetero) is 1. The van der Waals surface area contributed by atoms with Gasteiger partial charge in [-0.05, 0) is 80.8 Å². The third-order valence-corrected chi connectivity index (χ3v) is 16.3. The minimum Gasteiger partial charge on any atom is -0.386 e. The Morgan fingerprint density at radius 1 is 0.886 bits per heavy atom. The van der Waals surface area contributed by atoms with Gasteiger partial charge < -0.3 is 50.9 Å². The van der Waals surface area contributed by atoms with Gasteiger partial charge in [-0.2, -0.15) is 4.31 Å². The lowest BCUT2D eigenvalue weighted by Gasteiger charge is -2.30. The van der Waals surface area contributed by atoms with Crippen molar-refractivity contribution in [3.63, 3.8) is 0 Å². The maximum Gasteiger partial charge on any atom is 0.481 e. The molecule has 3 aromatic rings. The topological polar surface area (TPSA) is 364 Å². The number of aryl methyl sites for hydroxylation is 2. The molecule has 24 nitrogen and oxygen atoms in total. The largest absolute Gasteiger partial charge is 0.481 e. The second-order valence-electron chi connectivity index (χ2n) is 19.6. The van der Waals surface area contributed by atoms with Gasteiger partial charge in [0.1, 0.15) is 42.0 Å². The fourth-order valence-corrected chi connectivity index (χ4v) is 11.2. The van der Waals surface area contributed by atoms with E-state index in [4.69, 9.17) is 19.5 Å². The SMILES string of the molecule is CC1(CCCCc2ccc(CCCCC3(C(=O)CCNC(=O)CCNC(=O)C(O)C(C)(C)COP(=O)(O)OP(=O)(O)OCC4OC(n5cnc6c(N)ncnc65)C(O)C4OP(=O)(O)O)CC3)cc2)CC1. The average Bonchev–Trinajstić information content (AvgIpc) is 4.17. The lowest BCUT2D eigenvalue weighted by molar-refractivity contribution is -0.137. The lowest BCUT2D eigenvalue weighted by atomic mass is 9.87. The van der Waals surface area contributed by atoms with Gasteiger partial charge >= 0.3 is 23.5 Å². The van der Waals surface area contributed by atoms with Crippen molar-refractivity contribution in [2.24, 2.45) is 16.2 Å². The number of nitrogens with one attached hydrogen (secondary N) is 2. The van der Waals surface area contributed by atoms with Gasteiger partial charge in [-0.3, -0.25) is 32.5 Å². The Hall–Kier alpha value is -3.57. The van der Waals surface area contributed by atoms with Crippen LogP contribution in [0.4, 0.5) is 5.82 Å². The Balaban J connectivity index is 0.853. The minimum atomic E-state index is -5.58. The van der Waals surface area contributed by atoms with Gasteiger partial charge in [0.15, 0.2) is 17.7 Å². The number of amides is 2. The van der Waals surface area contributed by atoms with Gasteiger partial charge in [-0.1, -0.05) is 57.9 Å². The van der Waals surface area contributed by atoms with Crippen molar-refractivity contribution >= 4 is 58.0 Å². The summed E-state index contributed by atoms with van der Waals surface area (Å²) in [6.07, 6.45) is 6.37. The molecule has 10 N–H and O–H groups in total. The summed E-state index contributed by atoms with van der Waals surface area (Å²) >= 11 is 0. The Morgan fingerprint density at radius 2 is 1.50 bits per heavy atom. The first-order chi connectivity index (χ1) is 32.8. The van der Waals surface area contributed by atoms with E-state index in [0.717, 1.165) is 62.2 Å². The zero-order chi connectivity index (χ0) is 51.1. The number of imidazole rings is 1. The number of phosphoric acid groups is 3. The van der Waals surface area contributed by atoms with Crippen LogP contribution in [0.15, 0.2) is 36.9 Å². The molecule has 2 aliphatic carbocycles. The summed E-state index contributed by atoms with van der Waals surface area (Å²) in [5, 5.41) is 26.7. The Labute approximate surface area is 405 Å². The zero-order valence-corrected chi connectivity index (χ0v) is 42.1. The van der Waals surface area contributed by atoms with E-state index in [2.05, 4.69) is 65.6 Å². The van der Waals surface area contributed by atoms with E-state index in [1.54, 1.807) is 0 Å². The number of aliphatic hydroxyl groups is 2. The van der Waals surface area contributed by atoms with Crippen molar-refractivity contribution in [1.82, 2.24) is 30.2 Å². The smallest absolute Gasteiger partial charge is 0.386 e. The molecule has 390 valence electrons. The molecule has 70 heavy (non-hydrogen) atoms. The number of anilines is 1. The van der Waals surface area contributed by atoms with Crippen LogP contribution >= 0.6 is 23.5 Å². The van der Waals surface area contributed by atoms with E-state index < -0.39 is 84.6 Å². The molecule has 1 saturated heterocycles. The van der Waals surface area contributed by atoms with Crippen molar-refractivity contribution < 1.29 is 80.5 Å². The molecule has 2 aromatic heterocycles. The number of nitrogens with zero attached hydrogens (tertiary/aromatic N) is 4. The third-order valence-electron chi connectivity index (χ3n) is 13.2. The van der Waals surface area contributed by atoms with Crippen LogP contribution in [0.25, 0.3) is 11.2 Å². The van der Waals surface area contributed by atoms with Gasteiger partial charge in [-0.15, -0.1) is 0 Å². The van der Waals surface area contributed by atoms with E-state index in [0.29, 0.717) is 5.41 Å². The number of nitrogens with two attached hydrogens (primary N) is 1. The molecule has 7 unspecified atom stereocenters. The summed E-state index contributed by atoms with van der Waals surface area (Å²) in [6, 6.07) is 8.90. The van der Waals surface area contributed by atoms with Gasteiger partial charge in [0, 0.05) is 36.8 Å². The highest BCUT2D eigenvalue weighted by atomic mass is 31.3. The number of rotatable bonds is 30. The van der Waals surface area contributed by atoms with Gasteiger partial charge in [0.05, 0.1) is 19.5 Å². The van der Waals surface area contributed by atoms with Crippen LogP contribution in [-0.4, -0.2) is 118 Å². The van der Waals surface area contributed by atoms with Crippen molar-refractivity contribution in [2.45, 2.75) is 141 Å². The van der Waals surface area contributed by atoms with Crippen molar-refractivity contribution in [3.8, 4) is 0 Å². The van der Waals surface area contributed by atoms with E-state index >= 15 is 0 Å². The number of nitrogen functional groups attached to an aromatic ring is 1. The fraction of sp³-hybridized carbons (Fsp3) is 0.674. The number of aromatic nitrogens is 4. The number of ketones is 1. The van der Waals surface area contributed by atoms with Gasteiger partial charge in [-0.25, -0.2) is 28.6 Å². The zero-order valence-electron chi connectivity index (χ0n) is 39.5. The second kappa shape index (κ2) is 23.1. The normalized spacial score (nSPS) is 22.8. The second-order valence-corrected chi connectivity index (χ2v) is 23.8.